The summed E-state index contributed by atoms with van der Waals surface area (Å²) in [5, 5.41) is 3.89. The lowest BCUT2D eigenvalue weighted by molar-refractivity contribution is -0.119. The summed E-state index contributed by atoms with van der Waals surface area (Å²) < 4.78 is 30.6. The number of hydrogen-bond donors (Lipinski definition) is 1. The number of benzene rings is 2. The van der Waals surface area contributed by atoms with Crippen LogP contribution in [0.2, 0.25) is 0 Å². The van der Waals surface area contributed by atoms with Gasteiger partial charge >= 0.3 is 0 Å². The van der Waals surface area contributed by atoms with Gasteiger partial charge in [0.15, 0.2) is 0 Å². The molecule has 0 spiro atoms. The third kappa shape index (κ3) is 6.58. The van der Waals surface area contributed by atoms with Gasteiger partial charge in [-0.1, -0.05) is 12.1 Å². The highest BCUT2D eigenvalue weighted by molar-refractivity contribution is 7.98. The van der Waals surface area contributed by atoms with Crippen LogP contribution in [-0.2, 0) is 14.8 Å². The molecule has 0 fully saturated rings. The van der Waals surface area contributed by atoms with Crippen molar-refractivity contribution in [3.8, 4) is 5.75 Å². The molecule has 0 bridgehead atoms. The van der Waals surface area contributed by atoms with E-state index in [1.807, 2.05) is 37.4 Å². The third-order valence-corrected chi connectivity index (χ3v) is 5.53. The summed E-state index contributed by atoms with van der Waals surface area (Å²) in [6, 6.07) is 14.2. The van der Waals surface area contributed by atoms with Crippen LogP contribution in [0.25, 0.3) is 0 Å². The van der Waals surface area contributed by atoms with E-state index in [9.17, 15) is 13.2 Å². The summed E-state index contributed by atoms with van der Waals surface area (Å²) in [6.07, 6.45) is 4.54. The van der Waals surface area contributed by atoms with E-state index in [0.29, 0.717) is 18.0 Å². The van der Waals surface area contributed by atoms with Gasteiger partial charge in [0.05, 0.1) is 24.8 Å². The first kappa shape index (κ1) is 21.8. The van der Waals surface area contributed by atoms with Crippen molar-refractivity contribution in [2.75, 3.05) is 30.0 Å². The molecule has 1 amide bonds. The Morgan fingerprint density at radius 1 is 1.18 bits per heavy atom. The van der Waals surface area contributed by atoms with Crippen LogP contribution in [0.1, 0.15) is 12.5 Å². The predicted molar refractivity (Wildman–Crippen MR) is 114 cm³/mol. The summed E-state index contributed by atoms with van der Waals surface area (Å²) in [6.45, 7) is 1.99. The number of hydrazone groups is 1. The van der Waals surface area contributed by atoms with Gasteiger partial charge in [0, 0.05) is 4.90 Å². The van der Waals surface area contributed by atoms with Crippen LogP contribution in [0.3, 0.4) is 0 Å². The van der Waals surface area contributed by atoms with Crippen LogP contribution in [0.4, 0.5) is 5.69 Å². The van der Waals surface area contributed by atoms with E-state index in [4.69, 9.17) is 4.74 Å². The van der Waals surface area contributed by atoms with E-state index in [0.717, 1.165) is 21.0 Å². The fraction of sp³-hybridized carbons (Fsp3) is 0.263. The van der Waals surface area contributed by atoms with Crippen molar-refractivity contribution in [3.05, 3.63) is 54.1 Å². The van der Waals surface area contributed by atoms with E-state index < -0.39 is 15.9 Å². The molecule has 0 heterocycles. The quantitative estimate of drug-likeness (QED) is 0.382. The number of rotatable bonds is 9. The maximum absolute atomic E-state index is 12.2. The maximum atomic E-state index is 12.2. The van der Waals surface area contributed by atoms with Crippen molar-refractivity contribution in [3.63, 3.8) is 0 Å². The minimum absolute atomic E-state index is 0.373. The second kappa shape index (κ2) is 10.1. The first-order valence-electron chi connectivity index (χ1n) is 8.50. The lowest BCUT2D eigenvalue weighted by Crippen LogP contribution is -2.39. The van der Waals surface area contributed by atoms with Gasteiger partial charge in [0.2, 0.25) is 10.0 Å². The Bertz CT molecular complexity index is 911. The van der Waals surface area contributed by atoms with Crippen molar-refractivity contribution in [2.45, 2.75) is 11.8 Å². The Hall–Kier alpha value is -2.52. The predicted octanol–water partition coefficient (Wildman–Crippen LogP) is 2.72. The third-order valence-electron chi connectivity index (χ3n) is 3.64. The molecular formula is C19H23N3O4S2. The van der Waals surface area contributed by atoms with Crippen LogP contribution in [0.15, 0.2) is 58.5 Å². The van der Waals surface area contributed by atoms with Gasteiger partial charge in [-0.25, -0.2) is 13.8 Å². The van der Waals surface area contributed by atoms with Crippen molar-refractivity contribution < 1.29 is 17.9 Å². The molecule has 0 aliphatic carbocycles. The Labute approximate surface area is 169 Å². The summed E-state index contributed by atoms with van der Waals surface area (Å²) in [5.41, 5.74) is 3.55. The number of sulfonamides is 1. The molecule has 0 aromatic heterocycles. The smallest absolute Gasteiger partial charge is 0.260 e. The molecule has 0 radical (unpaired) electrons. The van der Waals surface area contributed by atoms with Crippen molar-refractivity contribution in [1.82, 2.24) is 5.43 Å². The van der Waals surface area contributed by atoms with Gasteiger partial charge in [-0.3, -0.25) is 9.10 Å². The van der Waals surface area contributed by atoms with Crippen LogP contribution in [0, 0.1) is 0 Å². The molecule has 2 aromatic rings. The van der Waals surface area contributed by atoms with Crippen molar-refractivity contribution >= 4 is 39.6 Å². The van der Waals surface area contributed by atoms with Crippen LogP contribution >= 0.6 is 11.8 Å². The molecule has 9 heteroatoms. The first-order chi connectivity index (χ1) is 13.3. The highest BCUT2D eigenvalue weighted by Gasteiger charge is 2.20. The Morgan fingerprint density at radius 2 is 1.82 bits per heavy atom. The molecule has 0 saturated carbocycles. The van der Waals surface area contributed by atoms with Gasteiger partial charge in [0.25, 0.3) is 5.91 Å². The summed E-state index contributed by atoms with van der Waals surface area (Å²) >= 11 is 1.63. The SMILES string of the molecule is CCOc1ccc(N(CC(=O)N/N=C\c2ccc(SC)cc2)S(C)(=O)=O)cc1. The molecule has 2 aromatic carbocycles. The number of anilines is 1. The average molecular weight is 422 g/mol. The number of ether oxygens (including phenoxy) is 1. The molecule has 2 rings (SSSR count). The number of amides is 1. The van der Waals surface area contributed by atoms with E-state index >= 15 is 0 Å². The highest BCUT2D eigenvalue weighted by Crippen LogP contribution is 2.21. The van der Waals surface area contributed by atoms with Crippen LogP contribution in [-0.4, -0.2) is 46.2 Å². The standard InChI is InChI=1S/C19H23N3O4S2/c1-4-26-17-9-7-16(8-10-17)22(28(3,24)25)14-19(23)21-20-13-15-5-11-18(27-2)12-6-15/h5-13H,4,14H2,1-3H3,(H,21,23)/b20-13-. The summed E-state index contributed by atoms with van der Waals surface area (Å²) in [5.74, 6) is 0.0811. The minimum Gasteiger partial charge on any atom is -0.494 e. The fourth-order valence-electron chi connectivity index (χ4n) is 2.31. The van der Waals surface area contributed by atoms with Crippen molar-refractivity contribution in [2.24, 2.45) is 5.10 Å². The van der Waals surface area contributed by atoms with E-state index in [1.165, 1.54) is 6.21 Å². The molecule has 0 aliphatic heterocycles. The lowest BCUT2D eigenvalue weighted by atomic mass is 10.2. The van der Waals surface area contributed by atoms with Gasteiger partial charge in [-0.2, -0.15) is 5.10 Å². The first-order valence-corrected chi connectivity index (χ1v) is 11.6. The van der Waals surface area contributed by atoms with Crippen molar-refractivity contribution in [1.29, 1.82) is 0 Å². The number of carbonyl (C=O) groups excluding carboxylic acids is 1. The van der Waals surface area contributed by atoms with Gasteiger partial charge < -0.3 is 4.74 Å². The molecular weight excluding hydrogens is 398 g/mol. The molecule has 0 unspecified atom stereocenters. The maximum Gasteiger partial charge on any atom is 0.260 e. The zero-order chi connectivity index (χ0) is 20.6. The zero-order valence-corrected chi connectivity index (χ0v) is 17.6. The summed E-state index contributed by atoms with van der Waals surface area (Å²) in [7, 11) is -3.65. The highest BCUT2D eigenvalue weighted by atomic mass is 32.2. The number of nitrogens with one attached hydrogen (secondary N) is 1. The largest absolute Gasteiger partial charge is 0.494 e. The number of carbonyl (C=O) groups is 1. The normalized spacial score (nSPS) is 11.4. The molecule has 28 heavy (non-hydrogen) atoms. The van der Waals surface area contributed by atoms with Crippen LogP contribution < -0.4 is 14.5 Å². The molecule has 1 N–H and O–H groups in total. The minimum atomic E-state index is -3.65. The molecule has 0 atom stereocenters. The monoisotopic (exact) mass is 421 g/mol. The van der Waals surface area contributed by atoms with Gasteiger partial charge in [-0.05, 0) is 55.1 Å². The topological polar surface area (TPSA) is 88.1 Å². The Kier molecular flexibility index (Phi) is 7.89. The Morgan fingerprint density at radius 3 is 2.36 bits per heavy atom. The van der Waals surface area contributed by atoms with E-state index in [2.05, 4.69) is 10.5 Å². The number of hydrogen-bond acceptors (Lipinski definition) is 6. The summed E-state index contributed by atoms with van der Waals surface area (Å²) in [4.78, 5) is 13.3. The number of thioether (sulfide) groups is 1. The Balaban J connectivity index is 2.03. The number of nitrogens with zero attached hydrogens (tertiary/aromatic N) is 2. The zero-order valence-electron chi connectivity index (χ0n) is 16.0. The molecule has 150 valence electrons. The van der Waals surface area contributed by atoms with Crippen LogP contribution in [0.5, 0.6) is 5.75 Å². The molecule has 7 nitrogen and oxygen atoms in total. The fourth-order valence-corrected chi connectivity index (χ4v) is 3.57. The molecule has 0 saturated heterocycles. The van der Waals surface area contributed by atoms with Gasteiger partial charge in [0.1, 0.15) is 12.3 Å². The molecule has 0 aliphatic rings. The lowest BCUT2D eigenvalue weighted by Gasteiger charge is -2.21. The van der Waals surface area contributed by atoms with E-state index in [-0.39, 0.29) is 6.54 Å². The second-order valence-corrected chi connectivity index (χ2v) is 8.55. The van der Waals surface area contributed by atoms with Gasteiger partial charge in [-0.15, -0.1) is 11.8 Å². The van der Waals surface area contributed by atoms with E-state index in [1.54, 1.807) is 36.0 Å². The second-order valence-electron chi connectivity index (χ2n) is 5.76. The average Bonchev–Trinajstić information content (AvgIpc) is 2.67.